The summed E-state index contributed by atoms with van der Waals surface area (Å²) in [5, 5.41) is 8.89. The van der Waals surface area contributed by atoms with Crippen LogP contribution in [0.15, 0.2) is 48.7 Å². The number of carbonyl (C=O) groups excluding carboxylic acids is 1. The lowest BCUT2D eigenvalue weighted by atomic mass is 10.1. The highest BCUT2D eigenvalue weighted by Gasteiger charge is 2.29. The van der Waals surface area contributed by atoms with E-state index in [0.717, 1.165) is 18.4 Å². The van der Waals surface area contributed by atoms with Gasteiger partial charge in [-0.3, -0.25) is 9.69 Å². The van der Waals surface area contributed by atoms with Crippen molar-refractivity contribution in [2.45, 2.75) is 25.5 Å². The van der Waals surface area contributed by atoms with E-state index >= 15 is 0 Å². The smallest absolute Gasteiger partial charge is 0.257 e. The summed E-state index contributed by atoms with van der Waals surface area (Å²) in [5.41, 5.74) is 1.49. The minimum atomic E-state index is -0.406. The van der Waals surface area contributed by atoms with Gasteiger partial charge in [-0.25, -0.2) is 4.98 Å². The van der Waals surface area contributed by atoms with Gasteiger partial charge in [0.2, 0.25) is 0 Å². The number of amides is 1. The van der Waals surface area contributed by atoms with Crippen LogP contribution in [0.4, 0.5) is 5.82 Å². The van der Waals surface area contributed by atoms with Gasteiger partial charge in [-0.05, 0) is 30.5 Å². The molecule has 0 spiro atoms. The van der Waals surface area contributed by atoms with Crippen LogP contribution >= 0.6 is 0 Å². The Morgan fingerprint density at radius 2 is 2.13 bits per heavy atom. The Labute approximate surface area is 135 Å². The molecule has 1 unspecified atom stereocenters. The van der Waals surface area contributed by atoms with Gasteiger partial charge in [-0.2, -0.15) is 5.26 Å². The molecule has 0 radical (unpaired) electrons. The molecule has 0 aliphatic carbocycles. The molecule has 116 valence electrons. The first-order chi connectivity index (χ1) is 11.3. The first-order valence-electron chi connectivity index (χ1n) is 7.61. The van der Waals surface area contributed by atoms with Crippen LogP contribution in [0.1, 0.15) is 24.0 Å². The van der Waals surface area contributed by atoms with Gasteiger partial charge in [0.05, 0.1) is 12.1 Å². The van der Waals surface area contributed by atoms with Crippen LogP contribution < -0.4 is 4.90 Å². The lowest BCUT2D eigenvalue weighted by Gasteiger charge is -2.24. The third kappa shape index (κ3) is 3.55. The maximum absolute atomic E-state index is 12.8. The topological polar surface area (TPSA) is 66.2 Å². The molecule has 0 N–H and O–H groups in total. The van der Waals surface area contributed by atoms with E-state index in [0.29, 0.717) is 24.5 Å². The van der Waals surface area contributed by atoms with E-state index in [1.54, 1.807) is 17.0 Å². The summed E-state index contributed by atoms with van der Waals surface area (Å²) in [6, 6.07) is 15.2. The van der Waals surface area contributed by atoms with Gasteiger partial charge in [0.1, 0.15) is 18.0 Å². The minimum absolute atomic E-state index is 0.0800. The number of hydrogen-bond donors (Lipinski definition) is 0. The molecule has 5 nitrogen and oxygen atoms in total. The summed E-state index contributed by atoms with van der Waals surface area (Å²) in [6.45, 7) is 1.05. The lowest BCUT2D eigenvalue weighted by molar-refractivity contribution is -0.127. The van der Waals surface area contributed by atoms with Crippen molar-refractivity contribution >= 4 is 11.7 Å². The maximum Gasteiger partial charge on any atom is 0.257 e. The van der Waals surface area contributed by atoms with E-state index in [2.05, 4.69) is 4.98 Å². The number of pyridine rings is 1. The van der Waals surface area contributed by atoms with Crippen molar-refractivity contribution in [2.24, 2.45) is 0 Å². The summed E-state index contributed by atoms with van der Waals surface area (Å²) < 4.78 is 5.53. The minimum Gasteiger partial charge on any atom is -0.368 e. The number of ether oxygens (including phenoxy) is 1. The molecule has 0 saturated carbocycles. The molecule has 2 heterocycles. The molecular weight excluding hydrogens is 290 g/mol. The fourth-order valence-corrected chi connectivity index (χ4v) is 2.60. The zero-order valence-electron chi connectivity index (χ0n) is 12.7. The molecule has 0 bridgehead atoms. The van der Waals surface area contributed by atoms with E-state index in [4.69, 9.17) is 10.00 Å². The van der Waals surface area contributed by atoms with E-state index in [9.17, 15) is 4.79 Å². The van der Waals surface area contributed by atoms with Gasteiger partial charge in [0, 0.05) is 12.8 Å². The predicted octanol–water partition coefficient (Wildman–Crippen LogP) is 2.67. The summed E-state index contributed by atoms with van der Waals surface area (Å²) in [7, 11) is 0. The first kappa shape index (κ1) is 15.2. The molecule has 23 heavy (non-hydrogen) atoms. The highest BCUT2D eigenvalue weighted by molar-refractivity contribution is 5.95. The van der Waals surface area contributed by atoms with Gasteiger partial charge in [0.15, 0.2) is 0 Å². The average molecular weight is 307 g/mol. The molecule has 5 heteroatoms. The Hall–Kier alpha value is -2.71. The van der Waals surface area contributed by atoms with Gasteiger partial charge in [-0.15, -0.1) is 0 Å². The van der Waals surface area contributed by atoms with Crippen molar-refractivity contribution < 1.29 is 9.53 Å². The Kier molecular flexibility index (Phi) is 4.65. The summed E-state index contributed by atoms with van der Waals surface area (Å²) in [4.78, 5) is 18.7. The molecular formula is C18H17N3O2. The summed E-state index contributed by atoms with van der Waals surface area (Å²) in [6.07, 6.45) is 2.71. The molecule has 1 atom stereocenters. The summed E-state index contributed by atoms with van der Waals surface area (Å²) in [5.74, 6) is 0.455. The van der Waals surface area contributed by atoms with Gasteiger partial charge < -0.3 is 4.74 Å². The van der Waals surface area contributed by atoms with Crippen LogP contribution in [0.2, 0.25) is 0 Å². The largest absolute Gasteiger partial charge is 0.368 e. The molecule has 3 rings (SSSR count). The second kappa shape index (κ2) is 7.03. The number of carbonyl (C=O) groups is 1. The Morgan fingerprint density at radius 3 is 2.74 bits per heavy atom. The normalized spacial score (nSPS) is 16.7. The Balaban J connectivity index is 1.88. The van der Waals surface area contributed by atoms with Crippen molar-refractivity contribution in [3.63, 3.8) is 0 Å². The third-order valence-corrected chi connectivity index (χ3v) is 3.81. The fourth-order valence-electron chi connectivity index (χ4n) is 2.60. The van der Waals surface area contributed by atoms with Crippen molar-refractivity contribution in [1.29, 1.82) is 5.26 Å². The van der Waals surface area contributed by atoms with Crippen molar-refractivity contribution in [3.8, 4) is 6.07 Å². The molecule has 1 aliphatic heterocycles. The van der Waals surface area contributed by atoms with Crippen LogP contribution in [-0.4, -0.2) is 23.6 Å². The molecule has 1 saturated heterocycles. The van der Waals surface area contributed by atoms with Gasteiger partial charge in [-0.1, -0.05) is 30.3 Å². The van der Waals surface area contributed by atoms with Gasteiger partial charge in [0.25, 0.3) is 5.91 Å². The van der Waals surface area contributed by atoms with Crippen LogP contribution in [0.5, 0.6) is 0 Å². The second-order valence-corrected chi connectivity index (χ2v) is 5.43. The van der Waals surface area contributed by atoms with E-state index in [1.807, 2.05) is 36.4 Å². The first-order valence-corrected chi connectivity index (χ1v) is 7.61. The SMILES string of the molecule is N#Cc1ccc(N(Cc2ccccc2)C(=O)C2CCCO2)nc1. The van der Waals surface area contributed by atoms with Crippen molar-refractivity contribution in [2.75, 3.05) is 11.5 Å². The fraction of sp³-hybridized carbons (Fsp3) is 0.278. The number of aromatic nitrogens is 1. The number of anilines is 1. The van der Waals surface area contributed by atoms with Crippen molar-refractivity contribution in [1.82, 2.24) is 4.98 Å². The monoisotopic (exact) mass is 307 g/mol. The number of rotatable bonds is 4. The highest BCUT2D eigenvalue weighted by Crippen LogP contribution is 2.21. The predicted molar refractivity (Wildman–Crippen MR) is 85.6 cm³/mol. The van der Waals surface area contributed by atoms with Crippen LogP contribution in [0.25, 0.3) is 0 Å². The number of hydrogen-bond acceptors (Lipinski definition) is 4. The molecule has 2 aromatic rings. The maximum atomic E-state index is 12.8. The van der Waals surface area contributed by atoms with E-state index in [-0.39, 0.29) is 5.91 Å². The summed E-state index contributed by atoms with van der Waals surface area (Å²) >= 11 is 0. The standard InChI is InChI=1S/C18H17N3O2/c19-11-15-8-9-17(20-12-15)21(13-14-5-2-1-3-6-14)18(22)16-7-4-10-23-16/h1-3,5-6,8-9,12,16H,4,7,10,13H2. The zero-order chi connectivity index (χ0) is 16.1. The molecule has 1 aromatic heterocycles. The molecule has 1 aliphatic rings. The van der Waals surface area contributed by atoms with E-state index < -0.39 is 6.10 Å². The van der Waals surface area contributed by atoms with Crippen LogP contribution in [0, 0.1) is 11.3 Å². The number of nitriles is 1. The van der Waals surface area contributed by atoms with Crippen LogP contribution in [0.3, 0.4) is 0 Å². The van der Waals surface area contributed by atoms with E-state index in [1.165, 1.54) is 6.20 Å². The zero-order valence-corrected chi connectivity index (χ0v) is 12.7. The average Bonchev–Trinajstić information content (AvgIpc) is 3.15. The number of benzene rings is 1. The van der Waals surface area contributed by atoms with Gasteiger partial charge >= 0.3 is 0 Å². The Bertz CT molecular complexity index is 701. The lowest BCUT2D eigenvalue weighted by Crippen LogP contribution is -2.39. The molecule has 1 amide bonds. The third-order valence-electron chi connectivity index (χ3n) is 3.81. The molecule has 1 aromatic carbocycles. The van der Waals surface area contributed by atoms with Crippen LogP contribution in [-0.2, 0) is 16.1 Å². The quantitative estimate of drug-likeness (QED) is 0.871. The van der Waals surface area contributed by atoms with Crippen molar-refractivity contribution in [3.05, 3.63) is 59.8 Å². The highest BCUT2D eigenvalue weighted by atomic mass is 16.5. The number of nitrogens with zero attached hydrogens (tertiary/aromatic N) is 3. The Morgan fingerprint density at radius 1 is 1.30 bits per heavy atom. The molecule has 1 fully saturated rings. The second-order valence-electron chi connectivity index (χ2n) is 5.43.